The SMILES string of the molecule is CC(C)(CCCCCc1c(O)ccc(O)c1CCCCCC1(C(=O)O)CC1)C(=O)O. The first-order chi connectivity index (χ1) is 14.1. The molecule has 168 valence electrons. The number of carboxylic acid groups (broad SMARTS) is 2. The fourth-order valence-electron chi connectivity index (χ4n) is 4.04. The molecule has 6 heteroatoms. The third-order valence-corrected chi connectivity index (χ3v) is 6.58. The molecule has 0 unspecified atom stereocenters. The lowest BCUT2D eigenvalue weighted by Gasteiger charge is -2.18. The van der Waals surface area contributed by atoms with Crippen LogP contribution in [0.1, 0.15) is 89.2 Å². The van der Waals surface area contributed by atoms with E-state index in [0.29, 0.717) is 25.7 Å². The van der Waals surface area contributed by atoms with Gasteiger partial charge >= 0.3 is 11.9 Å². The molecule has 0 saturated heterocycles. The van der Waals surface area contributed by atoms with Crippen molar-refractivity contribution in [2.45, 2.75) is 90.9 Å². The molecule has 1 aromatic carbocycles. The molecular formula is C24H36O6. The molecule has 0 bridgehead atoms. The van der Waals surface area contributed by atoms with Gasteiger partial charge in [0.05, 0.1) is 10.8 Å². The molecule has 1 aliphatic carbocycles. The van der Waals surface area contributed by atoms with E-state index in [0.717, 1.165) is 62.5 Å². The van der Waals surface area contributed by atoms with Gasteiger partial charge in [0, 0.05) is 11.1 Å². The molecule has 0 spiro atoms. The molecule has 0 aromatic heterocycles. The fourth-order valence-corrected chi connectivity index (χ4v) is 4.04. The van der Waals surface area contributed by atoms with Crippen LogP contribution in [0.4, 0.5) is 0 Å². The van der Waals surface area contributed by atoms with Crippen LogP contribution in [0.25, 0.3) is 0 Å². The highest BCUT2D eigenvalue weighted by Crippen LogP contribution is 2.50. The van der Waals surface area contributed by atoms with Crippen LogP contribution in [-0.2, 0) is 22.4 Å². The second-order valence-corrected chi connectivity index (χ2v) is 9.46. The standard InChI is InChI=1S/C24H36O6/c1-23(2,21(27)28)13-7-3-5-9-17-18(20(26)12-11-19(17)25)10-6-4-8-14-24(15-16-24)22(29)30/h11-12,25-26H,3-10,13-16H2,1-2H3,(H,27,28)(H,29,30). The normalized spacial score (nSPS) is 15.1. The maximum absolute atomic E-state index is 11.2. The zero-order chi connectivity index (χ0) is 22.4. The third kappa shape index (κ3) is 6.38. The van der Waals surface area contributed by atoms with E-state index in [4.69, 9.17) is 0 Å². The Morgan fingerprint density at radius 3 is 1.80 bits per heavy atom. The summed E-state index contributed by atoms with van der Waals surface area (Å²) in [6.07, 6.45) is 9.27. The molecule has 1 fully saturated rings. The molecule has 1 aromatic rings. The summed E-state index contributed by atoms with van der Waals surface area (Å²) >= 11 is 0. The number of phenols is 2. The first-order valence-corrected chi connectivity index (χ1v) is 11.1. The number of carboxylic acids is 2. The maximum atomic E-state index is 11.2. The van der Waals surface area contributed by atoms with Gasteiger partial charge in [-0.2, -0.15) is 0 Å². The van der Waals surface area contributed by atoms with E-state index < -0.39 is 22.8 Å². The minimum atomic E-state index is -0.786. The molecule has 2 rings (SSSR count). The zero-order valence-corrected chi connectivity index (χ0v) is 18.2. The first-order valence-electron chi connectivity index (χ1n) is 11.1. The number of phenolic OH excluding ortho intramolecular Hbond substituents is 2. The van der Waals surface area contributed by atoms with E-state index in [-0.39, 0.29) is 11.5 Å². The van der Waals surface area contributed by atoms with Crippen molar-refractivity contribution in [2.75, 3.05) is 0 Å². The van der Waals surface area contributed by atoms with Gasteiger partial charge in [0.2, 0.25) is 0 Å². The molecule has 0 radical (unpaired) electrons. The van der Waals surface area contributed by atoms with Crippen LogP contribution in [0.5, 0.6) is 11.5 Å². The molecule has 1 saturated carbocycles. The fraction of sp³-hybridized carbons (Fsp3) is 0.667. The highest BCUT2D eigenvalue weighted by atomic mass is 16.4. The average Bonchev–Trinajstić information content (AvgIpc) is 3.46. The summed E-state index contributed by atoms with van der Waals surface area (Å²) in [5.41, 5.74) is 0.350. The van der Waals surface area contributed by atoms with Gasteiger partial charge in [0.1, 0.15) is 11.5 Å². The molecule has 0 amide bonds. The third-order valence-electron chi connectivity index (χ3n) is 6.58. The average molecular weight is 421 g/mol. The van der Waals surface area contributed by atoms with Gasteiger partial charge in [-0.05, 0) is 77.3 Å². The number of hydrogen-bond acceptors (Lipinski definition) is 4. The molecule has 0 atom stereocenters. The number of unbranched alkanes of at least 4 members (excludes halogenated alkanes) is 4. The molecule has 4 N–H and O–H groups in total. The highest BCUT2D eigenvalue weighted by molar-refractivity contribution is 5.77. The van der Waals surface area contributed by atoms with Crippen LogP contribution in [0.3, 0.4) is 0 Å². The van der Waals surface area contributed by atoms with Crippen molar-refractivity contribution in [3.63, 3.8) is 0 Å². The Kier molecular flexibility index (Phi) is 8.16. The van der Waals surface area contributed by atoms with Crippen LogP contribution < -0.4 is 0 Å². The van der Waals surface area contributed by atoms with E-state index in [2.05, 4.69) is 0 Å². The monoisotopic (exact) mass is 420 g/mol. The Morgan fingerprint density at radius 1 is 0.867 bits per heavy atom. The summed E-state index contributed by atoms with van der Waals surface area (Å²) in [5, 5.41) is 39.0. The van der Waals surface area contributed by atoms with Gasteiger partial charge in [0.25, 0.3) is 0 Å². The van der Waals surface area contributed by atoms with Crippen molar-refractivity contribution in [3.05, 3.63) is 23.3 Å². The summed E-state index contributed by atoms with van der Waals surface area (Å²) in [4.78, 5) is 22.4. The molecule has 30 heavy (non-hydrogen) atoms. The van der Waals surface area contributed by atoms with Gasteiger partial charge < -0.3 is 20.4 Å². The highest BCUT2D eigenvalue weighted by Gasteiger charge is 2.49. The lowest BCUT2D eigenvalue weighted by molar-refractivity contribution is -0.147. The van der Waals surface area contributed by atoms with Gasteiger partial charge in [-0.25, -0.2) is 0 Å². The molecular weight excluding hydrogens is 384 g/mol. The van der Waals surface area contributed by atoms with E-state index in [9.17, 15) is 30.0 Å². The first kappa shape index (κ1) is 24.0. The summed E-state index contributed by atoms with van der Waals surface area (Å²) < 4.78 is 0. The Hall–Kier alpha value is -2.24. The van der Waals surface area contributed by atoms with E-state index >= 15 is 0 Å². The minimum Gasteiger partial charge on any atom is -0.508 e. The van der Waals surface area contributed by atoms with E-state index in [1.54, 1.807) is 13.8 Å². The number of carbonyl (C=O) groups is 2. The van der Waals surface area contributed by atoms with Gasteiger partial charge in [0.15, 0.2) is 0 Å². The summed E-state index contributed by atoms with van der Waals surface area (Å²) in [6, 6.07) is 3.04. The van der Waals surface area contributed by atoms with Gasteiger partial charge in [-0.3, -0.25) is 9.59 Å². The number of benzene rings is 1. The van der Waals surface area contributed by atoms with Crippen LogP contribution in [0, 0.1) is 10.8 Å². The minimum absolute atomic E-state index is 0.191. The maximum Gasteiger partial charge on any atom is 0.309 e. The Morgan fingerprint density at radius 2 is 1.37 bits per heavy atom. The second-order valence-electron chi connectivity index (χ2n) is 9.46. The quantitative estimate of drug-likeness (QED) is 0.240. The van der Waals surface area contributed by atoms with Crippen molar-refractivity contribution in [2.24, 2.45) is 10.8 Å². The summed E-state index contributed by atoms with van der Waals surface area (Å²) in [6.45, 7) is 3.46. The molecule has 1 aliphatic rings. The second kappa shape index (κ2) is 10.2. The lowest BCUT2D eigenvalue weighted by atomic mass is 9.86. The molecule has 6 nitrogen and oxygen atoms in total. The van der Waals surface area contributed by atoms with Crippen molar-refractivity contribution >= 4 is 11.9 Å². The zero-order valence-electron chi connectivity index (χ0n) is 18.2. The Balaban J connectivity index is 1.81. The number of hydrogen-bond donors (Lipinski definition) is 4. The van der Waals surface area contributed by atoms with Gasteiger partial charge in [-0.15, -0.1) is 0 Å². The van der Waals surface area contributed by atoms with Crippen molar-refractivity contribution < 1.29 is 30.0 Å². The van der Waals surface area contributed by atoms with Gasteiger partial charge in [-0.1, -0.05) is 25.7 Å². The smallest absolute Gasteiger partial charge is 0.309 e. The summed E-state index contributed by atoms with van der Waals surface area (Å²) in [7, 11) is 0. The van der Waals surface area contributed by atoms with Crippen LogP contribution in [0.15, 0.2) is 12.1 Å². The predicted octanol–water partition coefficient (Wildman–Crippen LogP) is 5.28. The predicted molar refractivity (Wildman–Crippen MR) is 115 cm³/mol. The molecule has 0 aliphatic heterocycles. The van der Waals surface area contributed by atoms with E-state index in [1.807, 2.05) is 0 Å². The lowest BCUT2D eigenvalue weighted by Crippen LogP contribution is -2.23. The van der Waals surface area contributed by atoms with Crippen molar-refractivity contribution in [3.8, 4) is 11.5 Å². The largest absolute Gasteiger partial charge is 0.508 e. The van der Waals surface area contributed by atoms with Crippen molar-refractivity contribution in [1.82, 2.24) is 0 Å². The van der Waals surface area contributed by atoms with Crippen LogP contribution >= 0.6 is 0 Å². The number of rotatable bonds is 14. The number of aromatic hydroxyl groups is 2. The van der Waals surface area contributed by atoms with E-state index in [1.165, 1.54) is 12.1 Å². The van der Waals surface area contributed by atoms with Crippen LogP contribution in [0.2, 0.25) is 0 Å². The van der Waals surface area contributed by atoms with Crippen molar-refractivity contribution in [1.29, 1.82) is 0 Å². The Bertz CT molecular complexity index is 697. The number of aliphatic carboxylic acids is 2. The molecule has 0 heterocycles. The Labute approximate surface area is 178 Å². The van der Waals surface area contributed by atoms with Crippen LogP contribution in [-0.4, -0.2) is 32.4 Å². The summed E-state index contributed by atoms with van der Waals surface area (Å²) in [5.74, 6) is -1.08. The topological polar surface area (TPSA) is 115 Å².